The quantitative estimate of drug-likeness (QED) is 0.478. The minimum absolute atomic E-state index is 0.160. The van der Waals surface area contributed by atoms with Crippen molar-refractivity contribution in [2.45, 2.75) is 18.9 Å². The minimum atomic E-state index is 0.160. The van der Waals surface area contributed by atoms with Gasteiger partial charge in [0.1, 0.15) is 5.75 Å². The standard InChI is InChI=1S/C20H21N7OS/c1-27(14-3-2-6-21-11-14)20-24-19-18(29-20)8-16(25-26-19)15-5-4-12(7-17(15)28)13-9-22-23-10-13/h4-5,7-10,14,21,28H,2-3,6,11H2,1H3,(H,22,23)/t14-/m0/s1. The molecule has 0 bridgehead atoms. The van der Waals surface area contributed by atoms with E-state index in [1.807, 2.05) is 18.2 Å². The van der Waals surface area contributed by atoms with Gasteiger partial charge in [-0.15, -0.1) is 10.2 Å². The summed E-state index contributed by atoms with van der Waals surface area (Å²) in [7, 11) is 2.09. The number of nitrogens with zero attached hydrogens (tertiary/aromatic N) is 5. The Hall–Kier alpha value is -3.04. The largest absolute Gasteiger partial charge is 0.507 e. The number of rotatable bonds is 4. The maximum Gasteiger partial charge on any atom is 0.194 e. The summed E-state index contributed by atoms with van der Waals surface area (Å²) >= 11 is 1.61. The number of benzene rings is 1. The number of anilines is 1. The molecule has 4 heterocycles. The Kier molecular flexibility index (Phi) is 4.61. The van der Waals surface area contributed by atoms with Crippen LogP contribution in [0.4, 0.5) is 5.13 Å². The van der Waals surface area contributed by atoms with Crippen LogP contribution >= 0.6 is 11.3 Å². The summed E-state index contributed by atoms with van der Waals surface area (Å²) in [6.45, 7) is 2.06. The number of nitrogens with one attached hydrogen (secondary N) is 2. The molecule has 1 aliphatic rings. The third kappa shape index (κ3) is 3.43. The Morgan fingerprint density at radius 2 is 2.14 bits per heavy atom. The van der Waals surface area contributed by atoms with Gasteiger partial charge in [0.05, 0.1) is 16.6 Å². The normalized spacial score (nSPS) is 16.9. The third-order valence-electron chi connectivity index (χ3n) is 5.37. The zero-order valence-electron chi connectivity index (χ0n) is 16.0. The van der Waals surface area contributed by atoms with E-state index in [0.717, 1.165) is 40.5 Å². The Bertz CT molecular complexity index is 1140. The van der Waals surface area contributed by atoms with Crippen molar-refractivity contribution in [2.24, 2.45) is 0 Å². The molecule has 1 atom stereocenters. The summed E-state index contributed by atoms with van der Waals surface area (Å²) in [5.41, 5.74) is 3.72. The van der Waals surface area contributed by atoms with E-state index in [1.54, 1.807) is 29.8 Å². The monoisotopic (exact) mass is 407 g/mol. The van der Waals surface area contributed by atoms with Crippen LogP contribution in [0.2, 0.25) is 0 Å². The molecule has 3 aromatic heterocycles. The number of hydrogen-bond donors (Lipinski definition) is 3. The van der Waals surface area contributed by atoms with Crippen LogP contribution in [0.25, 0.3) is 32.7 Å². The van der Waals surface area contributed by atoms with Gasteiger partial charge in [-0.2, -0.15) is 10.1 Å². The van der Waals surface area contributed by atoms with Gasteiger partial charge in [0.2, 0.25) is 0 Å². The average Bonchev–Trinajstić information content (AvgIpc) is 3.43. The molecule has 0 amide bonds. The molecule has 148 valence electrons. The van der Waals surface area contributed by atoms with Crippen LogP contribution in [0.15, 0.2) is 36.7 Å². The van der Waals surface area contributed by atoms with Gasteiger partial charge in [0.25, 0.3) is 0 Å². The van der Waals surface area contributed by atoms with E-state index in [4.69, 9.17) is 0 Å². The molecular weight excluding hydrogens is 386 g/mol. The van der Waals surface area contributed by atoms with Crippen molar-refractivity contribution in [2.75, 3.05) is 25.0 Å². The summed E-state index contributed by atoms with van der Waals surface area (Å²) in [5.74, 6) is 0.160. The maximum atomic E-state index is 10.6. The van der Waals surface area contributed by atoms with Crippen LogP contribution in [-0.4, -0.2) is 56.7 Å². The van der Waals surface area contributed by atoms with Crippen LogP contribution in [-0.2, 0) is 0 Å². The van der Waals surface area contributed by atoms with Crippen LogP contribution in [0.3, 0.4) is 0 Å². The highest BCUT2D eigenvalue weighted by Gasteiger charge is 2.21. The molecular formula is C20H21N7OS. The number of hydrogen-bond acceptors (Lipinski definition) is 8. The highest BCUT2D eigenvalue weighted by atomic mass is 32.1. The molecule has 0 aliphatic carbocycles. The summed E-state index contributed by atoms with van der Waals surface area (Å²) < 4.78 is 0.957. The van der Waals surface area contributed by atoms with Crippen molar-refractivity contribution in [1.29, 1.82) is 0 Å². The number of phenolic OH excluding ortho intramolecular Hbond substituents is 1. The lowest BCUT2D eigenvalue weighted by atomic mass is 10.0. The number of likely N-dealkylation sites (N-methyl/N-ethyl adjacent to an activating group) is 1. The number of H-pyrrole nitrogens is 1. The Labute approximate surface area is 171 Å². The molecule has 1 saturated heterocycles. The molecule has 1 aliphatic heterocycles. The number of phenols is 1. The van der Waals surface area contributed by atoms with E-state index in [1.165, 1.54) is 6.42 Å². The molecule has 5 rings (SSSR count). The van der Waals surface area contributed by atoms with Crippen molar-refractivity contribution in [1.82, 2.24) is 30.7 Å². The first-order chi connectivity index (χ1) is 14.2. The van der Waals surface area contributed by atoms with Crippen molar-refractivity contribution in [3.63, 3.8) is 0 Å². The smallest absolute Gasteiger partial charge is 0.194 e. The first-order valence-electron chi connectivity index (χ1n) is 9.59. The van der Waals surface area contributed by atoms with Gasteiger partial charge in [-0.05, 0) is 43.1 Å². The van der Waals surface area contributed by atoms with E-state index in [2.05, 4.69) is 42.6 Å². The Morgan fingerprint density at radius 3 is 2.90 bits per heavy atom. The highest BCUT2D eigenvalue weighted by molar-refractivity contribution is 7.22. The van der Waals surface area contributed by atoms with Crippen LogP contribution in [0.1, 0.15) is 12.8 Å². The molecule has 29 heavy (non-hydrogen) atoms. The van der Waals surface area contributed by atoms with Crippen LogP contribution in [0.5, 0.6) is 5.75 Å². The Morgan fingerprint density at radius 1 is 1.21 bits per heavy atom. The SMILES string of the molecule is CN(c1nc2nnc(-c3ccc(-c4cn[nH]c4)cc3O)cc2s1)[C@H]1CCCNC1. The summed E-state index contributed by atoms with van der Waals surface area (Å²) in [6, 6.07) is 7.90. The molecule has 1 aromatic carbocycles. The molecule has 8 nitrogen and oxygen atoms in total. The second-order valence-electron chi connectivity index (χ2n) is 7.24. The summed E-state index contributed by atoms with van der Waals surface area (Å²) in [4.78, 5) is 6.89. The number of aromatic hydroxyl groups is 1. The van der Waals surface area contributed by atoms with Gasteiger partial charge in [-0.25, -0.2) is 0 Å². The lowest BCUT2D eigenvalue weighted by Gasteiger charge is -2.31. The molecule has 0 unspecified atom stereocenters. The predicted molar refractivity (Wildman–Crippen MR) is 114 cm³/mol. The fourth-order valence-corrected chi connectivity index (χ4v) is 4.64. The zero-order valence-corrected chi connectivity index (χ0v) is 16.8. The summed E-state index contributed by atoms with van der Waals surface area (Å²) in [6.07, 6.45) is 5.85. The van der Waals surface area contributed by atoms with E-state index < -0.39 is 0 Å². The fourth-order valence-electron chi connectivity index (χ4n) is 3.67. The maximum absolute atomic E-state index is 10.6. The van der Waals surface area contributed by atoms with Crippen molar-refractivity contribution in [3.05, 3.63) is 36.7 Å². The van der Waals surface area contributed by atoms with Gasteiger partial charge >= 0.3 is 0 Å². The van der Waals surface area contributed by atoms with E-state index >= 15 is 0 Å². The van der Waals surface area contributed by atoms with Crippen molar-refractivity contribution < 1.29 is 5.11 Å². The molecule has 9 heteroatoms. The third-order valence-corrected chi connectivity index (χ3v) is 6.45. The zero-order chi connectivity index (χ0) is 19.8. The van der Waals surface area contributed by atoms with Gasteiger partial charge in [0.15, 0.2) is 10.8 Å². The van der Waals surface area contributed by atoms with Crippen molar-refractivity contribution in [3.8, 4) is 28.1 Å². The second-order valence-corrected chi connectivity index (χ2v) is 8.25. The van der Waals surface area contributed by atoms with Crippen molar-refractivity contribution >= 4 is 26.8 Å². The van der Waals surface area contributed by atoms with E-state index in [0.29, 0.717) is 22.9 Å². The first kappa shape index (κ1) is 18.0. The fraction of sp³-hybridized carbons (Fsp3) is 0.300. The number of fused-ring (bicyclic) bond motifs is 1. The minimum Gasteiger partial charge on any atom is -0.507 e. The number of aromatic nitrogens is 5. The topological polar surface area (TPSA) is 103 Å². The van der Waals surface area contributed by atoms with Crippen LogP contribution in [0, 0.1) is 0 Å². The van der Waals surface area contributed by atoms with E-state index in [9.17, 15) is 5.11 Å². The molecule has 4 aromatic rings. The van der Waals surface area contributed by atoms with Gasteiger partial charge in [-0.1, -0.05) is 17.4 Å². The van der Waals surface area contributed by atoms with Gasteiger partial charge < -0.3 is 15.3 Å². The van der Waals surface area contributed by atoms with Crippen LogP contribution < -0.4 is 10.2 Å². The van der Waals surface area contributed by atoms with E-state index in [-0.39, 0.29) is 5.75 Å². The first-order valence-corrected chi connectivity index (χ1v) is 10.4. The Balaban J connectivity index is 1.45. The lowest BCUT2D eigenvalue weighted by Crippen LogP contribution is -2.44. The molecule has 0 saturated carbocycles. The number of piperidine rings is 1. The lowest BCUT2D eigenvalue weighted by molar-refractivity contribution is 0.445. The highest BCUT2D eigenvalue weighted by Crippen LogP contribution is 2.35. The molecule has 0 radical (unpaired) electrons. The summed E-state index contributed by atoms with van der Waals surface area (Å²) in [5, 5.41) is 30.3. The average molecular weight is 408 g/mol. The molecule has 1 fully saturated rings. The second kappa shape index (κ2) is 7.41. The predicted octanol–water partition coefficient (Wildman–Crippen LogP) is 3.04. The van der Waals surface area contributed by atoms with Gasteiger partial charge in [-0.3, -0.25) is 5.10 Å². The number of aromatic amines is 1. The van der Waals surface area contributed by atoms with Gasteiger partial charge in [0, 0.05) is 37.0 Å². The molecule has 3 N–H and O–H groups in total. The number of thiazole rings is 1. The molecule has 0 spiro atoms.